The lowest BCUT2D eigenvalue weighted by atomic mass is 10.0. The minimum Gasteiger partial charge on any atom is -0.488 e. The van der Waals surface area contributed by atoms with Gasteiger partial charge in [-0.3, -0.25) is 9.55 Å². The highest BCUT2D eigenvalue weighted by molar-refractivity contribution is 7.89. The zero-order valence-corrected chi connectivity index (χ0v) is 22.0. The Hall–Kier alpha value is -3.44. The lowest BCUT2D eigenvalue weighted by Crippen LogP contribution is -2.37. The monoisotopic (exact) mass is 522 g/mol. The lowest BCUT2D eigenvalue weighted by Gasteiger charge is -2.31. The van der Waals surface area contributed by atoms with Crippen molar-refractivity contribution in [2.75, 3.05) is 43.4 Å². The van der Waals surface area contributed by atoms with Crippen LogP contribution in [0.25, 0.3) is 22.2 Å². The third-order valence-electron chi connectivity index (χ3n) is 7.31. The predicted octanol–water partition coefficient (Wildman–Crippen LogP) is 3.55. The van der Waals surface area contributed by atoms with Gasteiger partial charge in [-0.15, -0.1) is 0 Å². The van der Waals surface area contributed by atoms with Crippen LogP contribution < -0.4 is 9.64 Å². The summed E-state index contributed by atoms with van der Waals surface area (Å²) in [4.78, 5) is 11.9. The molecule has 0 spiro atoms. The van der Waals surface area contributed by atoms with Gasteiger partial charge in [0.25, 0.3) is 0 Å². The molecule has 0 bridgehead atoms. The van der Waals surface area contributed by atoms with Crippen LogP contribution in [-0.4, -0.2) is 71.0 Å². The Morgan fingerprint density at radius 1 is 1.08 bits per heavy atom. The van der Waals surface area contributed by atoms with Crippen LogP contribution >= 0.6 is 0 Å². The van der Waals surface area contributed by atoms with Crippen molar-refractivity contribution in [3.8, 4) is 16.9 Å². The normalized spacial score (nSPS) is 18.7. The molecule has 4 aromatic rings. The minimum absolute atomic E-state index is 0.110. The number of nitrogens with zero attached hydrogens (tertiary/aromatic N) is 6. The van der Waals surface area contributed by atoms with Gasteiger partial charge in [0.15, 0.2) is 5.75 Å². The van der Waals surface area contributed by atoms with E-state index >= 15 is 0 Å². The Morgan fingerprint density at radius 3 is 2.68 bits per heavy atom. The number of anilines is 1. The van der Waals surface area contributed by atoms with Crippen molar-refractivity contribution in [3.05, 3.63) is 53.7 Å². The van der Waals surface area contributed by atoms with Crippen LogP contribution in [0.15, 0.2) is 41.1 Å². The zero-order chi connectivity index (χ0) is 25.7. The van der Waals surface area contributed by atoms with Crippen LogP contribution in [0, 0.1) is 13.8 Å². The fourth-order valence-electron chi connectivity index (χ4n) is 5.46. The zero-order valence-electron chi connectivity index (χ0n) is 21.2. The van der Waals surface area contributed by atoms with Gasteiger partial charge < -0.3 is 14.2 Å². The quantitative estimate of drug-likeness (QED) is 0.392. The Labute approximate surface area is 215 Å². The molecular weight excluding hydrogens is 492 g/mol. The predicted molar refractivity (Wildman–Crippen MR) is 140 cm³/mol. The molecule has 2 aliphatic heterocycles. The number of sulfonamides is 1. The molecule has 0 amide bonds. The van der Waals surface area contributed by atoms with Crippen molar-refractivity contribution in [3.63, 3.8) is 0 Å². The molecule has 0 N–H and O–H groups in total. The fourth-order valence-corrected chi connectivity index (χ4v) is 6.59. The van der Waals surface area contributed by atoms with E-state index in [1.807, 2.05) is 44.2 Å². The third-order valence-corrected chi connectivity index (χ3v) is 9.19. The SMILES string of the molecule is CCS(=O)(=O)N1CCCN(c2nc3ccc(-c4c(C)noc4C)c4c3n2[C@@H](c2ccccn2)CO4)CC1. The molecule has 1 saturated heterocycles. The second kappa shape index (κ2) is 9.14. The summed E-state index contributed by atoms with van der Waals surface area (Å²) in [6, 6.07) is 9.74. The van der Waals surface area contributed by atoms with Crippen molar-refractivity contribution in [1.82, 2.24) is 24.0 Å². The summed E-state index contributed by atoms with van der Waals surface area (Å²) in [5, 5.41) is 4.15. The maximum absolute atomic E-state index is 12.6. The second-order valence-electron chi connectivity index (χ2n) is 9.51. The number of rotatable bonds is 5. The van der Waals surface area contributed by atoms with E-state index < -0.39 is 10.0 Å². The molecule has 5 heterocycles. The number of benzene rings is 1. The first-order valence-electron chi connectivity index (χ1n) is 12.6. The summed E-state index contributed by atoms with van der Waals surface area (Å²) in [5.74, 6) is 2.41. The molecule has 194 valence electrons. The van der Waals surface area contributed by atoms with Gasteiger partial charge in [-0.1, -0.05) is 11.2 Å². The van der Waals surface area contributed by atoms with Crippen LogP contribution in [0.1, 0.15) is 36.5 Å². The van der Waals surface area contributed by atoms with E-state index in [-0.39, 0.29) is 11.8 Å². The van der Waals surface area contributed by atoms with Gasteiger partial charge in [0.2, 0.25) is 16.0 Å². The van der Waals surface area contributed by atoms with Crippen molar-refractivity contribution in [2.45, 2.75) is 33.2 Å². The summed E-state index contributed by atoms with van der Waals surface area (Å²) in [5.41, 5.74) is 5.27. The summed E-state index contributed by atoms with van der Waals surface area (Å²) in [7, 11) is -3.24. The summed E-state index contributed by atoms with van der Waals surface area (Å²) in [6.07, 6.45) is 2.52. The van der Waals surface area contributed by atoms with Gasteiger partial charge >= 0.3 is 0 Å². The van der Waals surface area contributed by atoms with E-state index in [1.54, 1.807) is 17.4 Å². The number of aromatic nitrogens is 4. The molecule has 10 nitrogen and oxygen atoms in total. The van der Waals surface area contributed by atoms with E-state index in [0.29, 0.717) is 32.8 Å². The lowest BCUT2D eigenvalue weighted by molar-refractivity contribution is 0.257. The highest BCUT2D eigenvalue weighted by Gasteiger charge is 2.34. The number of ether oxygens (including phenoxy) is 1. The van der Waals surface area contributed by atoms with E-state index in [4.69, 9.17) is 14.2 Å². The molecular formula is C26H30N6O4S. The van der Waals surface area contributed by atoms with E-state index in [9.17, 15) is 8.42 Å². The Morgan fingerprint density at radius 2 is 1.95 bits per heavy atom. The summed E-state index contributed by atoms with van der Waals surface area (Å²) < 4.78 is 40.9. The second-order valence-corrected chi connectivity index (χ2v) is 11.8. The Bertz CT molecular complexity index is 1540. The van der Waals surface area contributed by atoms with Crippen LogP contribution in [0.3, 0.4) is 0 Å². The number of aryl methyl sites for hydroxylation is 2. The molecule has 0 unspecified atom stereocenters. The maximum atomic E-state index is 12.6. The van der Waals surface area contributed by atoms with Crippen LogP contribution in [0.2, 0.25) is 0 Å². The van der Waals surface area contributed by atoms with Gasteiger partial charge in [0, 0.05) is 37.9 Å². The highest BCUT2D eigenvalue weighted by Crippen LogP contribution is 2.45. The average molecular weight is 523 g/mol. The molecule has 0 saturated carbocycles. The molecule has 2 aliphatic rings. The molecule has 6 rings (SSSR count). The van der Waals surface area contributed by atoms with E-state index in [0.717, 1.165) is 57.4 Å². The van der Waals surface area contributed by atoms with E-state index in [1.165, 1.54) is 0 Å². The van der Waals surface area contributed by atoms with Crippen LogP contribution in [0.5, 0.6) is 5.75 Å². The molecule has 0 radical (unpaired) electrons. The number of pyridine rings is 1. The van der Waals surface area contributed by atoms with Crippen LogP contribution in [-0.2, 0) is 10.0 Å². The van der Waals surface area contributed by atoms with Crippen molar-refractivity contribution >= 4 is 27.0 Å². The number of hydrogen-bond donors (Lipinski definition) is 0. The van der Waals surface area contributed by atoms with Gasteiger partial charge in [-0.2, -0.15) is 0 Å². The Balaban J connectivity index is 1.51. The van der Waals surface area contributed by atoms with Crippen molar-refractivity contribution in [1.29, 1.82) is 0 Å². The van der Waals surface area contributed by atoms with E-state index in [2.05, 4.69) is 19.6 Å². The molecule has 37 heavy (non-hydrogen) atoms. The van der Waals surface area contributed by atoms with Crippen molar-refractivity contribution < 1.29 is 17.7 Å². The first-order valence-corrected chi connectivity index (χ1v) is 14.2. The van der Waals surface area contributed by atoms with Crippen molar-refractivity contribution in [2.24, 2.45) is 0 Å². The maximum Gasteiger partial charge on any atom is 0.213 e. The largest absolute Gasteiger partial charge is 0.488 e. The van der Waals surface area contributed by atoms with Gasteiger partial charge in [0.05, 0.1) is 28.2 Å². The third kappa shape index (κ3) is 3.97. The topological polar surface area (TPSA) is 107 Å². The molecule has 11 heteroatoms. The molecule has 0 aliphatic carbocycles. The summed E-state index contributed by atoms with van der Waals surface area (Å²) in [6.45, 7) is 8.14. The fraction of sp³-hybridized carbons (Fsp3) is 0.423. The van der Waals surface area contributed by atoms with Crippen LogP contribution in [0.4, 0.5) is 5.95 Å². The number of hydrogen-bond acceptors (Lipinski definition) is 8. The van der Waals surface area contributed by atoms with Gasteiger partial charge in [0.1, 0.15) is 23.9 Å². The summed E-state index contributed by atoms with van der Waals surface area (Å²) >= 11 is 0. The molecule has 3 aromatic heterocycles. The Kier molecular flexibility index (Phi) is 5.91. The first kappa shape index (κ1) is 23.9. The highest BCUT2D eigenvalue weighted by atomic mass is 32.2. The smallest absolute Gasteiger partial charge is 0.213 e. The molecule has 1 fully saturated rings. The van der Waals surface area contributed by atoms with Gasteiger partial charge in [-0.25, -0.2) is 17.7 Å². The minimum atomic E-state index is -3.24. The molecule has 1 atom stereocenters. The standard InChI is InChI=1S/C26H30N6O4S/c1-4-37(33,34)31-13-7-12-30(14-15-31)26-28-21-10-9-19(23-17(2)29-36-18(23)3)25-24(21)32(26)22(16-35-25)20-8-5-6-11-27-20/h5-6,8-11,22H,4,7,12-16H2,1-3H3/t22-/m1/s1. The molecule has 1 aromatic carbocycles. The average Bonchev–Trinajstić information content (AvgIpc) is 3.34. The number of imidazole rings is 1. The first-order chi connectivity index (χ1) is 17.9. The van der Waals surface area contributed by atoms with Gasteiger partial charge in [-0.05, 0) is 51.5 Å².